The fourth-order valence-electron chi connectivity index (χ4n) is 3.73. The molecule has 1 spiro atoms. The van der Waals surface area contributed by atoms with Gasteiger partial charge < -0.3 is 4.74 Å². The van der Waals surface area contributed by atoms with Crippen molar-refractivity contribution in [2.24, 2.45) is 0 Å². The minimum atomic E-state index is 0.248. The molecule has 1 atom stereocenters. The largest absolute Gasteiger partial charge is 0.370 e. The van der Waals surface area contributed by atoms with Gasteiger partial charge in [-0.25, -0.2) is 0 Å². The van der Waals surface area contributed by atoms with Crippen LogP contribution in [-0.4, -0.2) is 21.5 Å². The molecule has 0 N–H and O–H groups in total. The van der Waals surface area contributed by atoms with Gasteiger partial charge in [-0.15, -0.1) is 0 Å². The first kappa shape index (κ1) is 13.2. The predicted octanol–water partition coefficient (Wildman–Crippen LogP) is 3.50. The molecular weight excluding hydrogens is 236 g/mol. The summed E-state index contributed by atoms with van der Waals surface area (Å²) in [6.07, 6.45) is 10.2. The Labute approximate surface area is 116 Å². The van der Waals surface area contributed by atoms with Crippen molar-refractivity contribution in [3.63, 3.8) is 0 Å². The van der Waals surface area contributed by atoms with Crippen LogP contribution >= 0.6 is 0 Å². The van der Waals surface area contributed by atoms with E-state index in [1.807, 2.05) is 0 Å². The molecule has 3 rings (SSSR count). The molecule has 2 aliphatic rings. The van der Waals surface area contributed by atoms with E-state index in [0.29, 0.717) is 6.10 Å². The molecule has 1 aliphatic heterocycles. The van der Waals surface area contributed by atoms with E-state index in [1.54, 1.807) is 0 Å². The van der Waals surface area contributed by atoms with Crippen LogP contribution in [0.25, 0.3) is 0 Å². The summed E-state index contributed by atoms with van der Waals surface area (Å²) in [5, 5.41) is 4.71. The van der Waals surface area contributed by atoms with E-state index in [4.69, 9.17) is 9.84 Å². The molecule has 1 aromatic heterocycles. The summed E-state index contributed by atoms with van der Waals surface area (Å²) in [5.74, 6) is 0. The molecule has 0 bridgehead atoms. The highest BCUT2D eigenvalue weighted by molar-refractivity contribution is 5.10. The van der Waals surface area contributed by atoms with E-state index in [9.17, 15) is 0 Å². The quantitative estimate of drug-likeness (QED) is 0.830. The number of hydrogen-bond donors (Lipinski definition) is 0. The molecule has 2 fully saturated rings. The summed E-state index contributed by atoms with van der Waals surface area (Å²) >= 11 is 0. The van der Waals surface area contributed by atoms with E-state index < -0.39 is 0 Å². The van der Waals surface area contributed by atoms with Crippen molar-refractivity contribution < 1.29 is 4.74 Å². The molecule has 1 aliphatic carbocycles. The van der Waals surface area contributed by atoms with Crippen molar-refractivity contribution in [1.29, 1.82) is 0 Å². The molecule has 106 valence electrons. The molecule has 19 heavy (non-hydrogen) atoms. The van der Waals surface area contributed by atoms with E-state index >= 15 is 0 Å². The summed E-state index contributed by atoms with van der Waals surface area (Å²) in [7, 11) is 0. The second-order valence-corrected chi connectivity index (χ2v) is 6.18. The third-order valence-electron chi connectivity index (χ3n) is 4.87. The Morgan fingerprint density at radius 2 is 2.05 bits per heavy atom. The first-order valence-electron chi connectivity index (χ1n) is 7.98. The molecule has 0 radical (unpaired) electrons. The second kappa shape index (κ2) is 5.28. The van der Waals surface area contributed by atoms with Crippen LogP contribution < -0.4 is 0 Å². The lowest BCUT2D eigenvalue weighted by Gasteiger charge is -2.24. The molecule has 0 amide bonds. The number of aryl methyl sites for hydroxylation is 2. The Balaban J connectivity index is 1.67. The minimum Gasteiger partial charge on any atom is -0.370 e. The van der Waals surface area contributed by atoms with Crippen LogP contribution in [0.3, 0.4) is 0 Å². The zero-order valence-corrected chi connectivity index (χ0v) is 12.3. The van der Waals surface area contributed by atoms with Gasteiger partial charge in [-0.1, -0.05) is 26.7 Å². The second-order valence-electron chi connectivity index (χ2n) is 6.18. The van der Waals surface area contributed by atoms with Crippen LogP contribution in [0.4, 0.5) is 0 Å². The Morgan fingerprint density at radius 1 is 1.26 bits per heavy atom. The van der Waals surface area contributed by atoms with Crippen molar-refractivity contribution in [2.45, 2.75) is 83.5 Å². The molecular formula is C16H26N2O. The first-order chi connectivity index (χ1) is 9.24. The average molecular weight is 262 g/mol. The monoisotopic (exact) mass is 262 g/mol. The summed E-state index contributed by atoms with van der Waals surface area (Å²) in [6.45, 7) is 5.33. The molecule has 1 unspecified atom stereocenters. The van der Waals surface area contributed by atoms with Gasteiger partial charge in [0.25, 0.3) is 0 Å². The highest BCUT2D eigenvalue weighted by Crippen LogP contribution is 2.43. The third-order valence-corrected chi connectivity index (χ3v) is 4.87. The van der Waals surface area contributed by atoms with Gasteiger partial charge in [0.2, 0.25) is 0 Å². The first-order valence-corrected chi connectivity index (χ1v) is 7.98. The van der Waals surface area contributed by atoms with Gasteiger partial charge >= 0.3 is 0 Å². The van der Waals surface area contributed by atoms with Gasteiger partial charge in [0.05, 0.1) is 23.9 Å². The highest BCUT2D eigenvalue weighted by Gasteiger charge is 2.42. The molecule has 3 heteroatoms. The minimum absolute atomic E-state index is 0.248. The van der Waals surface area contributed by atoms with Crippen LogP contribution in [0.2, 0.25) is 0 Å². The standard InChI is InChI=1S/C16H26N2O/c1-3-13-11-14(4-2)18(17-13)12-15-7-10-16(19-15)8-5-6-9-16/h11,15H,3-10,12H2,1-2H3. The zero-order chi connectivity index (χ0) is 13.3. The number of ether oxygens (including phenoxy) is 1. The average Bonchev–Trinajstić information content (AvgIpc) is 3.12. The van der Waals surface area contributed by atoms with Crippen molar-refractivity contribution in [3.05, 3.63) is 17.5 Å². The van der Waals surface area contributed by atoms with Crippen LogP contribution in [0, 0.1) is 0 Å². The van der Waals surface area contributed by atoms with Gasteiger partial charge in [0.15, 0.2) is 0 Å². The van der Waals surface area contributed by atoms with Crippen LogP contribution in [-0.2, 0) is 24.1 Å². The topological polar surface area (TPSA) is 27.1 Å². The summed E-state index contributed by atoms with van der Waals surface area (Å²) in [4.78, 5) is 0. The molecule has 1 saturated carbocycles. The maximum Gasteiger partial charge on any atom is 0.0779 e. The highest BCUT2D eigenvalue weighted by atomic mass is 16.5. The van der Waals surface area contributed by atoms with Crippen LogP contribution in [0.5, 0.6) is 0 Å². The molecule has 0 aromatic carbocycles. The van der Waals surface area contributed by atoms with Gasteiger partial charge in [0.1, 0.15) is 0 Å². The SMILES string of the molecule is CCc1cc(CC)n(CC2CCC3(CCCC3)O2)n1. The van der Waals surface area contributed by atoms with Crippen molar-refractivity contribution in [3.8, 4) is 0 Å². The third kappa shape index (κ3) is 2.58. The van der Waals surface area contributed by atoms with Crippen LogP contribution in [0.15, 0.2) is 6.07 Å². The van der Waals surface area contributed by atoms with Gasteiger partial charge in [-0.2, -0.15) is 5.10 Å². The lowest BCUT2D eigenvalue weighted by Crippen LogP contribution is -2.27. The molecule has 3 nitrogen and oxygen atoms in total. The fourth-order valence-corrected chi connectivity index (χ4v) is 3.73. The smallest absolute Gasteiger partial charge is 0.0779 e. The molecule has 1 saturated heterocycles. The zero-order valence-electron chi connectivity index (χ0n) is 12.3. The summed E-state index contributed by atoms with van der Waals surface area (Å²) in [5.41, 5.74) is 2.82. The summed E-state index contributed by atoms with van der Waals surface area (Å²) < 4.78 is 8.59. The fraction of sp³-hybridized carbons (Fsp3) is 0.812. The summed E-state index contributed by atoms with van der Waals surface area (Å²) in [6, 6.07) is 2.25. The Morgan fingerprint density at radius 3 is 2.74 bits per heavy atom. The van der Waals surface area contributed by atoms with Gasteiger partial charge in [-0.3, -0.25) is 4.68 Å². The number of aromatic nitrogens is 2. The Kier molecular flexibility index (Phi) is 3.66. The van der Waals surface area contributed by atoms with E-state index in [0.717, 1.165) is 19.4 Å². The van der Waals surface area contributed by atoms with Gasteiger partial charge in [0, 0.05) is 5.69 Å². The Hall–Kier alpha value is -0.830. The van der Waals surface area contributed by atoms with Crippen molar-refractivity contribution >= 4 is 0 Å². The lowest BCUT2D eigenvalue weighted by molar-refractivity contribution is -0.0431. The van der Waals surface area contributed by atoms with Gasteiger partial charge in [-0.05, 0) is 44.6 Å². The lowest BCUT2D eigenvalue weighted by atomic mass is 9.98. The van der Waals surface area contributed by atoms with E-state index in [-0.39, 0.29) is 5.60 Å². The van der Waals surface area contributed by atoms with E-state index in [2.05, 4.69) is 24.6 Å². The molecule has 1 aromatic rings. The van der Waals surface area contributed by atoms with E-state index in [1.165, 1.54) is 49.9 Å². The maximum atomic E-state index is 6.40. The molecule has 2 heterocycles. The number of hydrogen-bond acceptors (Lipinski definition) is 2. The Bertz CT molecular complexity index is 432. The van der Waals surface area contributed by atoms with Crippen molar-refractivity contribution in [1.82, 2.24) is 9.78 Å². The normalized spacial score (nSPS) is 25.5. The van der Waals surface area contributed by atoms with Crippen LogP contribution in [0.1, 0.15) is 63.8 Å². The number of rotatable bonds is 4. The van der Waals surface area contributed by atoms with Crippen molar-refractivity contribution in [2.75, 3.05) is 0 Å². The number of nitrogens with zero attached hydrogens (tertiary/aromatic N) is 2. The predicted molar refractivity (Wildman–Crippen MR) is 76.3 cm³/mol. The maximum absolute atomic E-state index is 6.40.